The first kappa shape index (κ1) is 22.0. The molecule has 2 N–H and O–H groups in total. The Labute approximate surface area is 191 Å². The van der Waals surface area contributed by atoms with Gasteiger partial charge in [-0.05, 0) is 49.4 Å². The van der Waals surface area contributed by atoms with Crippen LogP contribution >= 0.6 is 11.3 Å². The third kappa shape index (κ3) is 4.39. The second-order valence-electron chi connectivity index (χ2n) is 8.45. The Kier molecular flexibility index (Phi) is 6.28. The molecule has 2 aromatic carbocycles. The average molecular weight is 450 g/mol. The summed E-state index contributed by atoms with van der Waals surface area (Å²) in [4.78, 5) is 33.2. The summed E-state index contributed by atoms with van der Waals surface area (Å²) in [5.74, 6) is -0.0506. The van der Waals surface area contributed by atoms with Gasteiger partial charge < -0.3 is 15.3 Å². The number of hydrogen-bond donors (Lipinski definition) is 2. The maximum Gasteiger partial charge on any atom is 0.254 e. The molecule has 6 nitrogen and oxygen atoms in total. The molecule has 2 amide bonds. The van der Waals surface area contributed by atoms with Crippen molar-refractivity contribution in [2.24, 2.45) is 5.92 Å². The Morgan fingerprint density at radius 1 is 1.19 bits per heavy atom. The Bertz CT molecular complexity index is 1140. The van der Waals surface area contributed by atoms with Gasteiger partial charge in [-0.15, -0.1) is 11.3 Å². The second kappa shape index (κ2) is 9.12. The van der Waals surface area contributed by atoms with Gasteiger partial charge in [-0.1, -0.05) is 37.3 Å². The third-order valence-electron chi connectivity index (χ3n) is 6.04. The highest BCUT2D eigenvalue weighted by Crippen LogP contribution is 2.29. The Hall–Kier alpha value is -3.19. The summed E-state index contributed by atoms with van der Waals surface area (Å²) < 4.78 is 0. The van der Waals surface area contributed by atoms with Crippen molar-refractivity contribution in [1.82, 2.24) is 15.2 Å². The molecule has 0 spiro atoms. The second-order valence-corrected chi connectivity index (χ2v) is 9.30. The molecular weight excluding hydrogens is 422 g/mol. The number of phenolic OH excluding ortho intramolecular Hbond substituents is 1. The zero-order valence-electron chi connectivity index (χ0n) is 18.5. The van der Waals surface area contributed by atoms with Crippen molar-refractivity contribution in [1.29, 1.82) is 0 Å². The van der Waals surface area contributed by atoms with Crippen molar-refractivity contribution in [3.63, 3.8) is 0 Å². The van der Waals surface area contributed by atoms with E-state index in [1.165, 1.54) is 0 Å². The lowest BCUT2D eigenvalue weighted by atomic mass is 10.1. The number of nitrogens with one attached hydrogen (secondary N) is 1. The van der Waals surface area contributed by atoms with Crippen LogP contribution in [0.15, 0.2) is 48.0 Å². The number of rotatable bonds is 5. The quantitative estimate of drug-likeness (QED) is 0.608. The zero-order valence-corrected chi connectivity index (χ0v) is 19.3. The van der Waals surface area contributed by atoms with Gasteiger partial charge >= 0.3 is 0 Å². The number of phenols is 1. The molecule has 1 aliphatic heterocycles. The van der Waals surface area contributed by atoms with Gasteiger partial charge in [-0.2, -0.15) is 0 Å². The number of amides is 2. The van der Waals surface area contributed by atoms with Gasteiger partial charge in [0.05, 0.1) is 16.1 Å². The van der Waals surface area contributed by atoms with E-state index >= 15 is 0 Å². The molecule has 7 heteroatoms. The van der Waals surface area contributed by atoms with Crippen LogP contribution in [0.2, 0.25) is 0 Å². The summed E-state index contributed by atoms with van der Waals surface area (Å²) in [6.07, 6.45) is 0.624. The normalized spacial score (nSPS) is 18.0. The third-order valence-corrected chi connectivity index (χ3v) is 7.02. The highest BCUT2D eigenvalue weighted by molar-refractivity contribution is 7.13. The smallest absolute Gasteiger partial charge is 0.254 e. The number of thiazole rings is 1. The molecule has 2 heterocycles. The molecule has 4 rings (SSSR count). The number of nitrogens with zero attached hydrogens (tertiary/aromatic N) is 2. The van der Waals surface area contributed by atoms with Gasteiger partial charge in [0, 0.05) is 24.2 Å². The molecule has 3 aromatic rings. The summed E-state index contributed by atoms with van der Waals surface area (Å²) in [7, 11) is 0. The molecule has 0 bridgehead atoms. The van der Waals surface area contributed by atoms with E-state index in [9.17, 15) is 14.7 Å². The number of benzene rings is 2. The molecule has 2 atom stereocenters. The zero-order chi connectivity index (χ0) is 22.8. The molecule has 0 aliphatic carbocycles. The fourth-order valence-corrected chi connectivity index (χ4v) is 5.00. The number of aromatic hydroxyl groups is 1. The van der Waals surface area contributed by atoms with Crippen LogP contribution in [0.1, 0.15) is 40.5 Å². The van der Waals surface area contributed by atoms with Crippen LogP contribution in [0.5, 0.6) is 5.75 Å². The van der Waals surface area contributed by atoms with Gasteiger partial charge in [0.1, 0.15) is 11.8 Å². The maximum absolute atomic E-state index is 13.2. The van der Waals surface area contributed by atoms with Crippen molar-refractivity contribution in [3.05, 3.63) is 70.4 Å². The van der Waals surface area contributed by atoms with E-state index in [1.54, 1.807) is 41.4 Å². The van der Waals surface area contributed by atoms with Crippen LogP contribution in [-0.2, 0) is 11.3 Å². The predicted molar refractivity (Wildman–Crippen MR) is 126 cm³/mol. The van der Waals surface area contributed by atoms with Crippen LogP contribution < -0.4 is 5.32 Å². The monoisotopic (exact) mass is 449 g/mol. The number of carbonyl (C=O) groups is 2. The van der Waals surface area contributed by atoms with Crippen molar-refractivity contribution >= 4 is 23.2 Å². The highest BCUT2D eigenvalue weighted by Gasteiger charge is 2.38. The minimum atomic E-state index is -0.515. The molecule has 0 unspecified atom stereocenters. The van der Waals surface area contributed by atoms with Crippen LogP contribution in [-0.4, -0.2) is 39.4 Å². The maximum atomic E-state index is 13.2. The summed E-state index contributed by atoms with van der Waals surface area (Å²) >= 11 is 1.61. The molecule has 166 valence electrons. The van der Waals surface area contributed by atoms with Gasteiger partial charge in [-0.25, -0.2) is 4.98 Å². The van der Waals surface area contributed by atoms with Crippen LogP contribution in [0.25, 0.3) is 10.4 Å². The molecule has 32 heavy (non-hydrogen) atoms. The van der Waals surface area contributed by atoms with Gasteiger partial charge in [-0.3, -0.25) is 9.59 Å². The molecular formula is C25H27N3O3S. The topological polar surface area (TPSA) is 82.5 Å². The number of aromatic nitrogens is 1. The SMILES string of the molecule is Cc1ncsc1-c1ccc(CNC(=O)[C@@H]2C[C@@H](C)CN2C(=O)c2cccc(O)c2C)cc1. The summed E-state index contributed by atoms with van der Waals surface area (Å²) in [5.41, 5.74) is 5.93. The fourth-order valence-electron chi connectivity index (χ4n) is 4.19. The number of carbonyl (C=O) groups excluding carboxylic acids is 2. The Morgan fingerprint density at radius 3 is 2.62 bits per heavy atom. The lowest BCUT2D eigenvalue weighted by Crippen LogP contribution is -2.45. The van der Waals surface area contributed by atoms with E-state index < -0.39 is 6.04 Å². The number of hydrogen-bond acceptors (Lipinski definition) is 5. The fraction of sp³-hybridized carbons (Fsp3) is 0.320. The Balaban J connectivity index is 1.43. The van der Waals surface area contributed by atoms with Crippen LogP contribution in [0, 0.1) is 19.8 Å². The lowest BCUT2D eigenvalue weighted by molar-refractivity contribution is -0.125. The summed E-state index contributed by atoms with van der Waals surface area (Å²) in [6, 6.07) is 12.5. The molecule has 1 saturated heterocycles. The van der Waals surface area contributed by atoms with E-state index in [1.807, 2.05) is 43.6 Å². The summed E-state index contributed by atoms with van der Waals surface area (Å²) in [6.45, 7) is 6.68. The van der Waals surface area contributed by atoms with Gasteiger partial charge in [0.15, 0.2) is 0 Å². The average Bonchev–Trinajstić information content (AvgIpc) is 3.39. The van der Waals surface area contributed by atoms with Crippen molar-refractivity contribution in [3.8, 4) is 16.2 Å². The largest absolute Gasteiger partial charge is 0.508 e. The number of likely N-dealkylation sites (tertiary alicyclic amines) is 1. The predicted octanol–water partition coefficient (Wildman–Crippen LogP) is 4.30. The van der Waals surface area contributed by atoms with Crippen molar-refractivity contribution in [2.75, 3.05) is 6.54 Å². The molecule has 1 fully saturated rings. The first-order valence-electron chi connectivity index (χ1n) is 10.7. The first-order valence-corrected chi connectivity index (χ1v) is 11.6. The minimum absolute atomic E-state index is 0.0843. The van der Waals surface area contributed by atoms with E-state index in [2.05, 4.69) is 10.3 Å². The van der Waals surface area contributed by atoms with E-state index in [0.717, 1.165) is 21.7 Å². The van der Waals surface area contributed by atoms with Gasteiger partial charge in [0.2, 0.25) is 5.91 Å². The standard InChI is InChI=1S/C25H27N3O3S/c1-15-11-21(28(13-15)25(31)20-5-4-6-22(29)16(20)2)24(30)26-12-18-7-9-19(10-8-18)23-17(3)27-14-32-23/h4-10,14-15,21,29H,11-13H2,1-3H3,(H,26,30)/t15-,21+/m1/s1. The van der Waals surface area contributed by atoms with Crippen LogP contribution in [0.4, 0.5) is 0 Å². The molecule has 0 saturated carbocycles. The van der Waals surface area contributed by atoms with Crippen molar-refractivity contribution < 1.29 is 14.7 Å². The minimum Gasteiger partial charge on any atom is -0.508 e. The molecule has 0 radical (unpaired) electrons. The van der Waals surface area contributed by atoms with E-state index in [4.69, 9.17) is 0 Å². The summed E-state index contributed by atoms with van der Waals surface area (Å²) in [5, 5.41) is 13.0. The molecule has 1 aromatic heterocycles. The highest BCUT2D eigenvalue weighted by atomic mass is 32.1. The Morgan fingerprint density at radius 2 is 1.94 bits per heavy atom. The van der Waals surface area contributed by atoms with E-state index in [-0.39, 0.29) is 23.5 Å². The van der Waals surface area contributed by atoms with Crippen molar-refractivity contribution in [2.45, 2.75) is 39.8 Å². The van der Waals surface area contributed by atoms with Crippen LogP contribution in [0.3, 0.4) is 0 Å². The lowest BCUT2D eigenvalue weighted by Gasteiger charge is -2.25. The molecule has 1 aliphatic rings. The first-order chi connectivity index (χ1) is 15.3. The van der Waals surface area contributed by atoms with E-state index in [0.29, 0.717) is 30.6 Å². The van der Waals surface area contributed by atoms with Gasteiger partial charge in [0.25, 0.3) is 5.91 Å². The number of aryl methyl sites for hydroxylation is 1.